The molecular weight excluding hydrogens is 338 g/mol. The van der Waals surface area contributed by atoms with E-state index in [0.717, 1.165) is 42.6 Å². The number of methoxy groups -OCH3 is 1. The van der Waals surface area contributed by atoms with E-state index in [4.69, 9.17) is 17.0 Å². The molecule has 0 aliphatic rings. The second kappa shape index (κ2) is 9.61. The summed E-state index contributed by atoms with van der Waals surface area (Å²) in [7, 11) is 6.01. The Morgan fingerprint density at radius 3 is 2.58 bits per heavy atom. The van der Waals surface area contributed by atoms with Gasteiger partial charge < -0.3 is 19.9 Å². The molecule has 130 valence electrons. The maximum absolute atomic E-state index is 5.65. The summed E-state index contributed by atoms with van der Waals surface area (Å²) in [6.45, 7) is 2.79. The molecule has 1 aromatic heterocycles. The van der Waals surface area contributed by atoms with E-state index < -0.39 is 0 Å². The molecule has 0 bridgehead atoms. The lowest BCUT2D eigenvalue weighted by molar-refractivity contribution is -0.858. The van der Waals surface area contributed by atoms with Gasteiger partial charge in [-0.25, -0.2) is 0 Å². The quantitative estimate of drug-likeness (QED) is 0.555. The van der Waals surface area contributed by atoms with Crippen molar-refractivity contribution in [3.63, 3.8) is 0 Å². The van der Waals surface area contributed by atoms with Crippen molar-refractivity contribution in [3.05, 3.63) is 46.7 Å². The van der Waals surface area contributed by atoms with Crippen LogP contribution in [-0.2, 0) is 6.54 Å². The van der Waals surface area contributed by atoms with Crippen LogP contribution >= 0.6 is 23.6 Å². The molecule has 0 radical (unpaired) electrons. The first-order valence-corrected chi connectivity index (χ1v) is 9.40. The summed E-state index contributed by atoms with van der Waals surface area (Å²) < 4.78 is 5.25. The highest BCUT2D eigenvalue weighted by molar-refractivity contribution is 7.80. The standard InChI is InChI=1S/C18H25N3OS2/c1-20(2)12-5-11-19-18(23)21(14-17-6-4-13-24-17)15-7-9-16(22-3)10-8-15/h4,6-10,13H,5,11-12,14H2,1-3H3,(H,19,23)/p+1. The minimum Gasteiger partial charge on any atom is -0.497 e. The van der Waals surface area contributed by atoms with Crippen molar-refractivity contribution >= 4 is 34.4 Å². The SMILES string of the molecule is COc1ccc(N(Cc2cccs2)C(=S)NCCC[NH+](C)C)cc1. The maximum Gasteiger partial charge on any atom is 0.173 e. The van der Waals surface area contributed by atoms with Crippen LogP contribution in [0.3, 0.4) is 0 Å². The summed E-state index contributed by atoms with van der Waals surface area (Å²) in [4.78, 5) is 4.88. The number of ether oxygens (including phenoxy) is 1. The first-order chi connectivity index (χ1) is 11.6. The van der Waals surface area contributed by atoms with Gasteiger partial charge in [-0.2, -0.15) is 0 Å². The molecule has 4 nitrogen and oxygen atoms in total. The number of quaternary nitrogens is 1. The maximum atomic E-state index is 5.65. The Morgan fingerprint density at radius 1 is 1.25 bits per heavy atom. The molecule has 24 heavy (non-hydrogen) atoms. The van der Waals surface area contributed by atoms with Crippen LogP contribution in [0.1, 0.15) is 11.3 Å². The Bertz CT molecular complexity index is 612. The molecule has 2 rings (SSSR count). The molecule has 0 saturated carbocycles. The Morgan fingerprint density at radius 2 is 2.00 bits per heavy atom. The smallest absolute Gasteiger partial charge is 0.173 e. The lowest BCUT2D eigenvalue weighted by Gasteiger charge is -2.26. The number of hydrogen-bond donors (Lipinski definition) is 2. The van der Waals surface area contributed by atoms with Crippen LogP contribution in [0.4, 0.5) is 5.69 Å². The third-order valence-corrected chi connectivity index (χ3v) is 4.88. The van der Waals surface area contributed by atoms with Crippen LogP contribution in [0.2, 0.25) is 0 Å². The Kier molecular flexibility index (Phi) is 7.49. The molecule has 0 aliphatic carbocycles. The molecule has 2 aromatic rings. The lowest BCUT2D eigenvalue weighted by Crippen LogP contribution is -3.05. The number of benzene rings is 1. The van der Waals surface area contributed by atoms with Gasteiger partial charge in [-0.3, -0.25) is 0 Å². The van der Waals surface area contributed by atoms with Gasteiger partial charge in [0.25, 0.3) is 0 Å². The summed E-state index contributed by atoms with van der Waals surface area (Å²) in [6.07, 6.45) is 1.10. The van der Waals surface area contributed by atoms with Gasteiger partial charge >= 0.3 is 0 Å². The summed E-state index contributed by atoms with van der Waals surface area (Å²) in [5, 5.41) is 6.26. The molecule has 1 heterocycles. The Labute approximate surface area is 154 Å². The average Bonchev–Trinajstić information content (AvgIpc) is 3.09. The van der Waals surface area contributed by atoms with Gasteiger partial charge in [0, 0.05) is 23.5 Å². The number of anilines is 1. The predicted octanol–water partition coefficient (Wildman–Crippen LogP) is 2.17. The molecule has 6 heteroatoms. The molecule has 1 aromatic carbocycles. The van der Waals surface area contributed by atoms with Gasteiger partial charge in [-0.05, 0) is 47.9 Å². The van der Waals surface area contributed by atoms with E-state index in [2.05, 4.69) is 41.8 Å². The number of nitrogens with one attached hydrogen (secondary N) is 2. The van der Waals surface area contributed by atoms with Gasteiger partial charge in [0.05, 0.1) is 34.3 Å². The van der Waals surface area contributed by atoms with Crippen LogP contribution in [0.5, 0.6) is 5.75 Å². The highest BCUT2D eigenvalue weighted by Gasteiger charge is 2.13. The van der Waals surface area contributed by atoms with Gasteiger partial charge in [-0.15, -0.1) is 11.3 Å². The Hall–Kier alpha value is -1.63. The summed E-state index contributed by atoms with van der Waals surface area (Å²) in [5.74, 6) is 0.850. The molecule has 0 fully saturated rings. The highest BCUT2D eigenvalue weighted by Crippen LogP contribution is 2.22. The first kappa shape index (κ1) is 18.7. The van der Waals surface area contributed by atoms with Crippen molar-refractivity contribution in [3.8, 4) is 5.75 Å². The van der Waals surface area contributed by atoms with Gasteiger partial charge in [-0.1, -0.05) is 6.07 Å². The number of thiophene rings is 1. The fourth-order valence-electron chi connectivity index (χ4n) is 2.33. The normalized spacial score (nSPS) is 10.7. The van der Waals surface area contributed by atoms with Crippen molar-refractivity contribution in [2.24, 2.45) is 0 Å². The van der Waals surface area contributed by atoms with Gasteiger partial charge in [0.1, 0.15) is 5.75 Å². The van der Waals surface area contributed by atoms with E-state index in [-0.39, 0.29) is 0 Å². The summed E-state index contributed by atoms with van der Waals surface area (Å²) in [6, 6.07) is 12.2. The van der Waals surface area contributed by atoms with E-state index >= 15 is 0 Å². The number of nitrogens with zero attached hydrogens (tertiary/aromatic N) is 1. The third kappa shape index (κ3) is 5.78. The second-order valence-electron chi connectivity index (χ2n) is 5.91. The van der Waals surface area contributed by atoms with E-state index in [1.54, 1.807) is 18.4 Å². The third-order valence-electron chi connectivity index (χ3n) is 3.65. The fraction of sp³-hybridized carbons (Fsp3) is 0.389. The molecule has 0 saturated heterocycles. The van der Waals surface area contributed by atoms with E-state index in [1.807, 2.05) is 24.3 Å². The zero-order chi connectivity index (χ0) is 17.4. The zero-order valence-corrected chi connectivity index (χ0v) is 16.2. The van der Waals surface area contributed by atoms with Gasteiger partial charge in [0.15, 0.2) is 5.11 Å². The number of rotatable bonds is 8. The number of hydrogen-bond acceptors (Lipinski definition) is 3. The minimum atomic E-state index is 0.766. The molecule has 2 N–H and O–H groups in total. The minimum absolute atomic E-state index is 0.766. The van der Waals surface area contributed by atoms with Gasteiger partial charge in [0.2, 0.25) is 0 Å². The topological polar surface area (TPSA) is 28.9 Å². The van der Waals surface area contributed by atoms with Crippen molar-refractivity contribution < 1.29 is 9.64 Å². The fourth-order valence-corrected chi connectivity index (χ4v) is 3.30. The predicted molar refractivity (Wildman–Crippen MR) is 106 cm³/mol. The second-order valence-corrected chi connectivity index (χ2v) is 7.33. The van der Waals surface area contributed by atoms with Crippen molar-refractivity contribution in [1.82, 2.24) is 5.32 Å². The van der Waals surface area contributed by atoms with Crippen molar-refractivity contribution in [2.45, 2.75) is 13.0 Å². The molecule has 0 spiro atoms. The average molecular weight is 365 g/mol. The van der Waals surface area contributed by atoms with Crippen LogP contribution in [0, 0.1) is 0 Å². The molecule has 0 unspecified atom stereocenters. The lowest BCUT2D eigenvalue weighted by atomic mass is 10.2. The largest absolute Gasteiger partial charge is 0.497 e. The Balaban J connectivity index is 2.05. The molecular formula is C18H26N3OS2+. The molecule has 0 atom stereocenters. The molecule has 0 aliphatic heterocycles. The summed E-state index contributed by atoms with van der Waals surface area (Å²) >= 11 is 7.40. The van der Waals surface area contributed by atoms with Crippen LogP contribution in [-0.4, -0.2) is 39.4 Å². The highest BCUT2D eigenvalue weighted by atomic mass is 32.1. The van der Waals surface area contributed by atoms with E-state index in [1.165, 1.54) is 9.78 Å². The molecule has 0 amide bonds. The number of thiocarbonyl (C=S) groups is 1. The van der Waals surface area contributed by atoms with Crippen LogP contribution < -0.4 is 19.9 Å². The van der Waals surface area contributed by atoms with E-state index in [9.17, 15) is 0 Å². The van der Waals surface area contributed by atoms with Crippen LogP contribution in [0.25, 0.3) is 0 Å². The van der Waals surface area contributed by atoms with Crippen LogP contribution in [0.15, 0.2) is 41.8 Å². The summed E-state index contributed by atoms with van der Waals surface area (Å²) in [5.41, 5.74) is 1.07. The van der Waals surface area contributed by atoms with Crippen molar-refractivity contribution in [1.29, 1.82) is 0 Å². The van der Waals surface area contributed by atoms with E-state index in [0.29, 0.717) is 0 Å². The monoisotopic (exact) mass is 364 g/mol. The first-order valence-electron chi connectivity index (χ1n) is 8.11. The van der Waals surface area contributed by atoms with Crippen molar-refractivity contribution in [2.75, 3.05) is 39.2 Å². The zero-order valence-electron chi connectivity index (χ0n) is 14.5.